The van der Waals surface area contributed by atoms with E-state index in [1.165, 1.54) is 12.4 Å². The predicted octanol–water partition coefficient (Wildman–Crippen LogP) is 2.26. The molecule has 28 heavy (non-hydrogen) atoms. The lowest BCUT2D eigenvalue weighted by Crippen LogP contribution is -2.50. The molecule has 0 bridgehead atoms. The Hall–Kier alpha value is -2.58. The molecule has 148 valence electrons. The van der Waals surface area contributed by atoms with Gasteiger partial charge in [-0.1, -0.05) is 24.3 Å². The maximum atomic E-state index is 12.2. The van der Waals surface area contributed by atoms with Crippen LogP contribution >= 0.6 is 0 Å². The van der Waals surface area contributed by atoms with Gasteiger partial charge in [-0.15, -0.1) is 0 Å². The lowest BCUT2D eigenvalue weighted by Gasteiger charge is -2.27. The van der Waals surface area contributed by atoms with E-state index in [-0.39, 0.29) is 12.3 Å². The third kappa shape index (κ3) is 3.98. The standard InChI is InChI=1S/C20H23N3O4S/c1-20(19(24)23-25,28(2,26)27)12-14-11-18(22-13-14)17-5-3-15(4-6-17)16-7-9-21-10-8-16/h3-10,14,25H,11-13H2,1-2H3,(H,23,24)/t14-,20-/m1/s1. The molecular formula is C20H23N3O4S. The second-order valence-corrected chi connectivity index (χ2v) is 9.76. The Balaban J connectivity index is 1.72. The van der Waals surface area contributed by atoms with Crippen LogP contribution in [-0.4, -0.2) is 47.8 Å². The summed E-state index contributed by atoms with van der Waals surface area (Å²) in [7, 11) is -3.71. The van der Waals surface area contributed by atoms with Crippen LogP contribution in [0.1, 0.15) is 25.3 Å². The summed E-state index contributed by atoms with van der Waals surface area (Å²) in [5.74, 6) is -1.00. The minimum absolute atomic E-state index is 0.0908. The fourth-order valence-electron chi connectivity index (χ4n) is 3.47. The van der Waals surface area contributed by atoms with Crippen molar-refractivity contribution in [2.24, 2.45) is 10.9 Å². The first-order valence-electron chi connectivity index (χ1n) is 8.93. The minimum Gasteiger partial charge on any atom is -0.289 e. The zero-order valence-corrected chi connectivity index (χ0v) is 16.6. The Morgan fingerprint density at radius 3 is 2.29 bits per heavy atom. The van der Waals surface area contributed by atoms with E-state index in [2.05, 4.69) is 9.98 Å². The van der Waals surface area contributed by atoms with E-state index in [0.29, 0.717) is 13.0 Å². The van der Waals surface area contributed by atoms with Crippen molar-refractivity contribution >= 4 is 21.5 Å². The van der Waals surface area contributed by atoms with Gasteiger partial charge in [0.15, 0.2) is 9.84 Å². The summed E-state index contributed by atoms with van der Waals surface area (Å²) in [5, 5.41) is 8.96. The maximum Gasteiger partial charge on any atom is 0.264 e. The number of nitrogens with one attached hydrogen (secondary N) is 1. The van der Waals surface area contributed by atoms with Gasteiger partial charge < -0.3 is 0 Å². The van der Waals surface area contributed by atoms with Gasteiger partial charge >= 0.3 is 0 Å². The molecule has 2 N–H and O–H groups in total. The topological polar surface area (TPSA) is 109 Å². The summed E-state index contributed by atoms with van der Waals surface area (Å²) in [6.45, 7) is 1.79. The Kier molecular flexibility index (Phi) is 5.62. The van der Waals surface area contributed by atoms with E-state index in [1.807, 2.05) is 36.4 Å². The van der Waals surface area contributed by atoms with Gasteiger partial charge in [0.05, 0.1) is 0 Å². The first-order chi connectivity index (χ1) is 13.2. The van der Waals surface area contributed by atoms with E-state index >= 15 is 0 Å². The van der Waals surface area contributed by atoms with E-state index in [4.69, 9.17) is 5.21 Å². The number of rotatable bonds is 6. The van der Waals surface area contributed by atoms with Crippen LogP contribution in [0.2, 0.25) is 0 Å². The molecular weight excluding hydrogens is 378 g/mol. The van der Waals surface area contributed by atoms with Crippen molar-refractivity contribution in [2.75, 3.05) is 12.8 Å². The number of nitrogens with zero attached hydrogens (tertiary/aromatic N) is 2. The number of carbonyl (C=O) groups is 1. The number of hydroxylamine groups is 1. The Morgan fingerprint density at radius 2 is 1.71 bits per heavy atom. The van der Waals surface area contributed by atoms with Gasteiger partial charge in [-0.05, 0) is 54.5 Å². The average molecular weight is 401 g/mol. The van der Waals surface area contributed by atoms with Crippen LogP contribution in [0.3, 0.4) is 0 Å². The van der Waals surface area contributed by atoms with Crippen molar-refractivity contribution in [3.8, 4) is 11.1 Å². The molecule has 1 aliphatic heterocycles. The molecule has 2 atom stereocenters. The summed E-state index contributed by atoms with van der Waals surface area (Å²) in [6.07, 6.45) is 5.18. The van der Waals surface area contributed by atoms with Crippen molar-refractivity contribution in [1.82, 2.24) is 10.5 Å². The molecule has 1 amide bonds. The lowest BCUT2D eigenvalue weighted by molar-refractivity contribution is -0.131. The van der Waals surface area contributed by atoms with E-state index < -0.39 is 20.5 Å². The number of aromatic nitrogens is 1. The van der Waals surface area contributed by atoms with Crippen LogP contribution in [-0.2, 0) is 14.6 Å². The third-order valence-corrected chi connectivity index (χ3v) is 7.32. The monoisotopic (exact) mass is 401 g/mol. The van der Waals surface area contributed by atoms with Gasteiger partial charge in [0.2, 0.25) is 0 Å². The smallest absolute Gasteiger partial charge is 0.264 e. The summed E-state index contributed by atoms with van der Waals surface area (Å²) < 4.78 is 22.6. The predicted molar refractivity (Wildman–Crippen MR) is 107 cm³/mol. The molecule has 3 rings (SSSR count). The molecule has 0 saturated heterocycles. The van der Waals surface area contributed by atoms with Gasteiger partial charge in [-0.2, -0.15) is 0 Å². The second-order valence-electron chi connectivity index (χ2n) is 7.32. The average Bonchev–Trinajstić information content (AvgIpc) is 3.15. The van der Waals surface area contributed by atoms with Gasteiger partial charge in [0.1, 0.15) is 4.75 Å². The molecule has 0 radical (unpaired) electrons. The quantitative estimate of drug-likeness (QED) is 0.570. The first kappa shape index (κ1) is 20.2. The third-order valence-electron chi connectivity index (χ3n) is 5.33. The zero-order chi connectivity index (χ0) is 20.4. The Morgan fingerprint density at radius 1 is 1.14 bits per heavy atom. The summed E-state index contributed by atoms with van der Waals surface area (Å²) in [5.41, 5.74) is 5.52. The molecule has 0 saturated carbocycles. The number of aliphatic imine (C=N–C) groups is 1. The minimum atomic E-state index is -3.71. The van der Waals surface area contributed by atoms with Crippen molar-refractivity contribution in [3.05, 3.63) is 54.4 Å². The number of carbonyl (C=O) groups excluding carboxylic acids is 1. The van der Waals surface area contributed by atoms with Gasteiger partial charge in [-0.25, -0.2) is 13.9 Å². The highest BCUT2D eigenvalue weighted by Crippen LogP contribution is 2.32. The zero-order valence-electron chi connectivity index (χ0n) is 15.8. The number of pyridine rings is 1. The molecule has 0 aliphatic carbocycles. The van der Waals surface area contributed by atoms with Crippen LogP contribution in [0.4, 0.5) is 0 Å². The highest BCUT2D eigenvalue weighted by molar-refractivity contribution is 7.92. The number of benzene rings is 1. The summed E-state index contributed by atoms with van der Waals surface area (Å²) >= 11 is 0. The summed E-state index contributed by atoms with van der Waals surface area (Å²) in [4.78, 5) is 20.6. The normalized spacial score (nSPS) is 19.0. The van der Waals surface area contributed by atoms with E-state index in [9.17, 15) is 13.2 Å². The molecule has 1 aromatic carbocycles. The molecule has 1 aromatic heterocycles. The van der Waals surface area contributed by atoms with Crippen LogP contribution < -0.4 is 5.48 Å². The van der Waals surface area contributed by atoms with E-state index in [1.54, 1.807) is 12.4 Å². The fraction of sp³-hybridized carbons (Fsp3) is 0.350. The Labute approximate surface area is 164 Å². The highest BCUT2D eigenvalue weighted by Gasteiger charge is 2.45. The lowest BCUT2D eigenvalue weighted by atomic mass is 9.90. The maximum absolute atomic E-state index is 12.2. The SMILES string of the molecule is C[C@@](C[C@@H]1CN=C(c2ccc(-c3ccncc3)cc2)C1)(C(=O)NO)S(C)(=O)=O. The number of sulfone groups is 1. The van der Waals surface area contributed by atoms with Crippen LogP contribution in [0.15, 0.2) is 53.8 Å². The molecule has 2 aromatic rings. The van der Waals surface area contributed by atoms with Crippen LogP contribution in [0.5, 0.6) is 0 Å². The van der Waals surface area contributed by atoms with E-state index in [0.717, 1.165) is 28.7 Å². The molecule has 1 aliphatic rings. The number of amides is 1. The fourth-order valence-corrected chi connectivity index (χ4v) is 4.39. The largest absolute Gasteiger partial charge is 0.289 e. The van der Waals surface area contributed by atoms with Gasteiger partial charge in [0, 0.05) is 30.9 Å². The van der Waals surface area contributed by atoms with Gasteiger partial charge in [0.25, 0.3) is 5.91 Å². The van der Waals surface area contributed by atoms with Crippen molar-refractivity contribution in [2.45, 2.75) is 24.5 Å². The molecule has 0 spiro atoms. The Bertz CT molecular complexity index is 988. The second kappa shape index (κ2) is 7.81. The highest BCUT2D eigenvalue weighted by atomic mass is 32.2. The molecule has 0 unspecified atom stereocenters. The van der Waals surface area contributed by atoms with Gasteiger partial charge in [-0.3, -0.25) is 20.0 Å². The van der Waals surface area contributed by atoms with Crippen molar-refractivity contribution in [3.63, 3.8) is 0 Å². The van der Waals surface area contributed by atoms with Crippen molar-refractivity contribution in [1.29, 1.82) is 0 Å². The molecule has 8 heteroatoms. The number of hydrogen-bond donors (Lipinski definition) is 2. The van der Waals surface area contributed by atoms with Crippen LogP contribution in [0.25, 0.3) is 11.1 Å². The molecule has 2 heterocycles. The first-order valence-corrected chi connectivity index (χ1v) is 10.8. The van der Waals surface area contributed by atoms with Crippen molar-refractivity contribution < 1.29 is 18.4 Å². The molecule has 0 fully saturated rings. The van der Waals surface area contributed by atoms with Crippen LogP contribution in [0, 0.1) is 5.92 Å². The molecule has 7 nitrogen and oxygen atoms in total. The summed E-state index contributed by atoms with van der Waals surface area (Å²) in [6, 6.07) is 11.9. The number of hydrogen-bond acceptors (Lipinski definition) is 6.